The number of fused-ring (bicyclic) bond motifs is 2. The van der Waals surface area contributed by atoms with Gasteiger partial charge in [0.05, 0.1) is 0 Å². The molecule has 5 rings (SSSR count). The van der Waals surface area contributed by atoms with Crippen LogP contribution in [0, 0.1) is 5.92 Å². The molecular formula is C35H36. The molecule has 2 aromatic rings. The summed E-state index contributed by atoms with van der Waals surface area (Å²) in [5.74, 6) is 0.696. The van der Waals surface area contributed by atoms with Crippen molar-refractivity contribution in [2.45, 2.75) is 51.9 Å². The first kappa shape index (κ1) is 23.4. The highest BCUT2D eigenvalue weighted by Crippen LogP contribution is 2.59. The molecule has 3 aliphatic rings. The highest BCUT2D eigenvalue weighted by molar-refractivity contribution is 5.93. The molecule has 176 valence electrons. The summed E-state index contributed by atoms with van der Waals surface area (Å²) in [5.41, 5.74) is 15.7. The Morgan fingerprint density at radius 2 is 1.60 bits per heavy atom. The number of hydrogen-bond donors (Lipinski definition) is 0. The van der Waals surface area contributed by atoms with Crippen molar-refractivity contribution in [1.29, 1.82) is 0 Å². The summed E-state index contributed by atoms with van der Waals surface area (Å²) in [4.78, 5) is 0. The molecule has 0 N–H and O–H groups in total. The van der Waals surface area contributed by atoms with Gasteiger partial charge in [0.15, 0.2) is 0 Å². The molecule has 3 unspecified atom stereocenters. The third kappa shape index (κ3) is 3.67. The fourth-order valence-electron chi connectivity index (χ4n) is 6.77. The summed E-state index contributed by atoms with van der Waals surface area (Å²) in [6, 6.07) is 19.7. The van der Waals surface area contributed by atoms with Gasteiger partial charge in [-0.05, 0) is 76.8 Å². The molecule has 0 bridgehead atoms. The van der Waals surface area contributed by atoms with Gasteiger partial charge in [0.2, 0.25) is 0 Å². The smallest absolute Gasteiger partial charge is 0.0300 e. The number of hydrogen-bond acceptors (Lipinski definition) is 0. The standard InChI is InChI=1S/C35H36/c1-8-14-22(4)32-23(5)19-27-20-30(24(6)33(27)35(32)26-15-10-9-11-16-26)34-25(7)31(21(2)3)28-17-12-13-18-29(28)34/h9-13,15-19,31,33,35H,2,4,6-8,14,20H2,1,3,5H3. The maximum atomic E-state index is 4.77. The van der Waals surface area contributed by atoms with Crippen LogP contribution in [0.2, 0.25) is 0 Å². The van der Waals surface area contributed by atoms with E-state index in [0.717, 1.165) is 24.8 Å². The minimum atomic E-state index is 0.183. The zero-order chi connectivity index (χ0) is 24.9. The average Bonchev–Trinajstić information content (AvgIpc) is 3.31. The Hall–Kier alpha value is -3.38. The zero-order valence-electron chi connectivity index (χ0n) is 21.5. The first-order chi connectivity index (χ1) is 16.8. The Labute approximate surface area is 211 Å². The molecule has 3 atom stereocenters. The molecular weight excluding hydrogens is 420 g/mol. The first-order valence-electron chi connectivity index (χ1n) is 12.9. The van der Waals surface area contributed by atoms with Crippen LogP contribution in [0.15, 0.2) is 132 Å². The summed E-state index contributed by atoms with van der Waals surface area (Å²) in [6.07, 6.45) is 5.49. The van der Waals surface area contributed by atoms with Gasteiger partial charge in [-0.2, -0.15) is 0 Å². The van der Waals surface area contributed by atoms with Crippen molar-refractivity contribution in [3.05, 3.63) is 148 Å². The molecule has 0 aromatic heterocycles. The Bertz CT molecular complexity index is 1350. The maximum Gasteiger partial charge on any atom is 0.0300 e. The highest BCUT2D eigenvalue weighted by Gasteiger charge is 2.43. The lowest BCUT2D eigenvalue weighted by molar-refractivity contribution is 0.619. The van der Waals surface area contributed by atoms with E-state index in [1.807, 2.05) is 0 Å². The van der Waals surface area contributed by atoms with Crippen molar-refractivity contribution in [1.82, 2.24) is 0 Å². The van der Waals surface area contributed by atoms with E-state index in [-0.39, 0.29) is 17.8 Å². The second kappa shape index (κ2) is 9.00. The van der Waals surface area contributed by atoms with E-state index in [2.05, 4.69) is 101 Å². The van der Waals surface area contributed by atoms with Crippen LogP contribution < -0.4 is 0 Å². The molecule has 1 fully saturated rings. The molecule has 0 amide bonds. The second-order valence-electron chi connectivity index (χ2n) is 10.5. The summed E-state index contributed by atoms with van der Waals surface area (Å²) in [6.45, 7) is 24.9. The molecule has 0 spiro atoms. The number of benzene rings is 2. The predicted molar refractivity (Wildman–Crippen MR) is 151 cm³/mol. The van der Waals surface area contributed by atoms with Crippen LogP contribution in [-0.4, -0.2) is 0 Å². The van der Waals surface area contributed by atoms with Crippen LogP contribution in [0.1, 0.15) is 68.6 Å². The monoisotopic (exact) mass is 456 g/mol. The third-order valence-electron chi connectivity index (χ3n) is 8.11. The fraction of sp³-hybridized carbons (Fsp3) is 0.257. The number of allylic oxidation sites excluding steroid dienone is 10. The average molecular weight is 457 g/mol. The molecule has 0 radical (unpaired) electrons. The Morgan fingerprint density at radius 1 is 0.914 bits per heavy atom. The molecule has 35 heavy (non-hydrogen) atoms. The van der Waals surface area contributed by atoms with Gasteiger partial charge in [-0.25, -0.2) is 0 Å². The summed E-state index contributed by atoms with van der Waals surface area (Å²) < 4.78 is 0. The molecule has 1 saturated carbocycles. The topological polar surface area (TPSA) is 0 Å². The van der Waals surface area contributed by atoms with Crippen LogP contribution >= 0.6 is 0 Å². The van der Waals surface area contributed by atoms with Crippen LogP contribution in [0.3, 0.4) is 0 Å². The maximum absolute atomic E-state index is 4.77. The minimum Gasteiger partial charge on any atom is -0.0992 e. The Kier molecular flexibility index (Phi) is 6.01. The molecule has 0 heterocycles. The lowest BCUT2D eigenvalue weighted by Crippen LogP contribution is -2.21. The summed E-state index contributed by atoms with van der Waals surface area (Å²) in [5, 5.41) is 0. The van der Waals surface area contributed by atoms with Crippen LogP contribution in [0.25, 0.3) is 5.57 Å². The third-order valence-corrected chi connectivity index (χ3v) is 8.11. The van der Waals surface area contributed by atoms with Crippen LogP contribution in [0.4, 0.5) is 0 Å². The van der Waals surface area contributed by atoms with Gasteiger partial charge in [0.25, 0.3) is 0 Å². The van der Waals surface area contributed by atoms with E-state index in [1.165, 1.54) is 61.3 Å². The molecule has 0 aliphatic heterocycles. The molecule has 0 saturated heterocycles. The van der Waals surface area contributed by atoms with Crippen molar-refractivity contribution in [3.8, 4) is 0 Å². The van der Waals surface area contributed by atoms with E-state index in [9.17, 15) is 0 Å². The predicted octanol–water partition coefficient (Wildman–Crippen LogP) is 9.64. The SMILES string of the molecule is C=C(CCC)C1=C(C)C=C2CC(=C3C(=C)C(C(=C)C)c4ccccc43)C(=C)C2C1c1ccccc1. The van der Waals surface area contributed by atoms with Crippen LogP contribution in [-0.2, 0) is 0 Å². The lowest BCUT2D eigenvalue weighted by Gasteiger charge is -2.34. The van der Waals surface area contributed by atoms with Crippen molar-refractivity contribution in [2.75, 3.05) is 0 Å². The van der Waals surface area contributed by atoms with E-state index >= 15 is 0 Å². The Balaban J connectivity index is 1.68. The second-order valence-corrected chi connectivity index (χ2v) is 10.5. The lowest BCUT2D eigenvalue weighted by atomic mass is 9.69. The van der Waals surface area contributed by atoms with Gasteiger partial charge in [0.1, 0.15) is 0 Å². The normalized spacial score (nSPS) is 25.5. The fourth-order valence-corrected chi connectivity index (χ4v) is 6.77. The van der Waals surface area contributed by atoms with Crippen molar-refractivity contribution in [2.24, 2.45) is 5.92 Å². The van der Waals surface area contributed by atoms with E-state index < -0.39 is 0 Å². The van der Waals surface area contributed by atoms with Crippen molar-refractivity contribution in [3.63, 3.8) is 0 Å². The molecule has 3 aliphatic carbocycles. The van der Waals surface area contributed by atoms with Crippen molar-refractivity contribution < 1.29 is 0 Å². The van der Waals surface area contributed by atoms with Gasteiger partial charge in [-0.3, -0.25) is 0 Å². The summed E-state index contributed by atoms with van der Waals surface area (Å²) in [7, 11) is 0. The molecule has 0 heteroatoms. The quantitative estimate of drug-likeness (QED) is 0.393. The van der Waals surface area contributed by atoms with E-state index in [1.54, 1.807) is 0 Å². The highest BCUT2D eigenvalue weighted by atomic mass is 14.5. The zero-order valence-corrected chi connectivity index (χ0v) is 21.5. The van der Waals surface area contributed by atoms with Crippen molar-refractivity contribution >= 4 is 5.57 Å². The first-order valence-corrected chi connectivity index (χ1v) is 12.9. The minimum absolute atomic E-state index is 0.183. The number of rotatable bonds is 5. The molecule has 2 aromatic carbocycles. The van der Waals surface area contributed by atoms with Gasteiger partial charge >= 0.3 is 0 Å². The Morgan fingerprint density at radius 3 is 2.29 bits per heavy atom. The van der Waals surface area contributed by atoms with Gasteiger partial charge in [0, 0.05) is 17.8 Å². The summed E-state index contributed by atoms with van der Waals surface area (Å²) >= 11 is 0. The van der Waals surface area contributed by atoms with Gasteiger partial charge in [-0.15, -0.1) is 0 Å². The molecule has 0 nitrogen and oxygen atoms in total. The van der Waals surface area contributed by atoms with Gasteiger partial charge in [-0.1, -0.05) is 117 Å². The van der Waals surface area contributed by atoms with Gasteiger partial charge < -0.3 is 0 Å². The largest absolute Gasteiger partial charge is 0.0992 e. The van der Waals surface area contributed by atoms with E-state index in [4.69, 9.17) is 6.58 Å². The van der Waals surface area contributed by atoms with Crippen LogP contribution in [0.5, 0.6) is 0 Å². The van der Waals surface area contributed by atoms with E-state index in [0.29, 0.717) is 0 Å².